The lowest BCUT2D eigenvalue weighted by molar-refractivity contribution is -0.124. The van der Waals surface area contributed by atoms with Gasteiger partial charge in [0.05, 0.1) is 5.56 Å². The molecule has 0 bridgehead atoms. The van der Waals surface area contributed by atoms with Crippen LogP contribution in [0.25, 0.3) is 0 Å². The molecule has 2 aromatic rings. The molecule has 2 N–H and O–H groups in total. The SMILES string of the molecule is CCC(C(=O)NCc1ccc(C(=O)O)cc1)n1ccccc1=O. The minimum atomic E-state index is -0.991. The Balaban J connectivity index is 2.04. The topological polar surface area (TPSA) is 88.4 Å². The number of rotatable bonds is 6. The number of carbonyl (C=O) groups excluding carboxylic acids is 1. The average Bonchev–Trinajstić information content (AvgIpc) is 2.55. The molecule has 1 unspecified atom stereocenters. The Kier molecular flexibility index (Phi) is 5.30. The second-order valence-electron chi connectivity index (χ2n) is 5.09. The maximum absolute atomic E-state index is 12.3. The van der Waals surface area contributed by atoms with Crippen LogP contribution in [0.3, 0.4) is 0 Å². The van der Waals surface area contributed by atoms with Crippen molar-refractivity contribution in [3.8, 4) is 0 Å². The van der Waals surface area contributed by atoms with E-state index in [1.807, 2.05) is 6.92 Å². The highest BCUT2D eigenvalue weighted by atomic mass is 16.4. The minimum Gasteiger partial charge on any atom is -0.478 e. The molecule has 120 valence electrons. The highest BCUT2D eigenvalue weighted by molar-refractivity contribution is 5.87. The van der Waals surface area contributed by atoms with Crippen molar-refractivity contribution in [2.24, 2.45) is 0 Å². The number of nitrogens with zero attached hydrogens (tertiary/aromatic N) is 1. The van der Waals surface area contributed by atoms with Crippen molar-refractivity contribution in [3.63, 3.8) is 0 Å². The summed E-state index contributed by atoms with van der Waals surface area (Å²) in [4.78, 5) is 34.9. The lowest BCUT2D eigenvalue weighted by atomic mass is 10.1. The van der Waals surface area contributed by atoms with E-state index in [9.17, 15) is 14.4 Å². The summed E-state index contributed by atoms with van der Waals surface area (Å²) in [5, 5.41) is 11.6. The van der Waals surface area contributed by atoms with E-state index < -0.39 is 12.0 Å². The molecule has 0 aliphatic rings. The van der Waals surface area contributed by atoms with Gasteiger partial charge in [-0.3, -0.25) is 9.59 Å². The third-order valence-electron chi connectivity index (χ3n) is 3.54. The van der Waals surface area contributed by atoms with Crippen molar-refractivity contribution in [3.05, 3.63) is 70.1 Å². The summed E-state index contributed by atoms with van der Waals surface area (Å²) < 4.78 is 1.41. The summed E-state index contributed by atoms with van der Waals surface area (Å²) in [6.07, 6.45) is 2.09. The van der Waals surface area contributed by atoms with E-state index in [1.54, 1.807) is 30.5 Å². The van der Waals surface area contributed by atoms with Crippen LogP contribution in [0.4, 0.5) is 0 Å². The second-order valence-corrected chi connectivity index (χ2v) is 5.09. The van der Waals surface area contributed by atoms with Crippen molar-refractivity contribution < 1.29 is 14.7 Å². The number of nitrogens with one attached hydrogen (secondary N) is 1. The van der Waals surface area contributed by atoms with Gasteiger partial charge >= 0.3 is 5.97 Å². The van der Waals surface area contributed by atoms with Gasteiger partial charge in [-0.15, -0.1) is 0 Å². The van der Waals surface area contributed by atoms with Crippen LogP contribution in [0.5, 0.6) is 0 Å². The van der Waals surface area contributed by atoms with Gasteiger partial charge in [0.2, 0.25) is 5.91 Å². The molecule has 1 aromatic carbocycles. The number of carboxylic acid groups (broad SMARTS) is 1. The van der Waals surface area contributed by atoms with Gasteiger partial charge in [0.25, 0.3) is 5.56 Å². The van der Waals surface area contributed by atoms with Crippen LogP contribution in [0.1, 0.15) is 35.3 Å². The zero-order chi connectivity index (χ0) is 16.8. The van der Waals surface area contributed by atoms with Gasteiger partial charge in [-0.25, -0.2) is 4.79 Å². The summed E-state index contributed by atoms with van der Waals surface area (Å²) in [6.45, 7) is 2.11. The van der Waals surface area contributed by atoms with Crippen LogP contribution in [0.2, 0.25) is 0 Å². The van der Waals surface area contributed by atoms with E-state index in [4.69, 9.17) is 5.11 Å². The zero-order valence-electron chi connectivity index (χ0n) is 12.7. The first-order chi connectivity index (χ1) is 11.0. The van der Waals surface area contributed by atoms with Gasteiger partial charge in [-0.1, -0.05) is 25.1 Å². The first-order valence-electron chi connectivity index (χ1n) is 7.30. The Hall–Kier alpha value is -2.89. The number of aromatic carboxylic acids is 1. The Morgan fingerprint density at radius 3 is 2.43 bits per heavy atom. The van der Waals surface area contributed by atoms with Crippen LogP contribution in [-0.2, 0) is 11.3 Å². The number of amides is 1. The van der Waals surface area contributed by atoms with Crippen LogP contribution in [0, 0.1) is 0 Å². The molecule has 2 rings (SSSR count). The molecular formula is C17H18N2O4. The van der Waals surface area contributed by atoms with Crippen molar-refractivity contribution in [2.45, 2.75) is 25.9 Å². The van der Waals surface area contributed by atoms with Gasteiger partial charge in [0, 0.05) is 18.8 Å². The average molecular weight is 314 g/mol. The molecule has 0 aliphatic carbocycles. The Bertz CT molecular complexity index is 750. The van der Waals surface area contributed by atoms with Gasteiger partial charge in [-0.05, 0) is 30.2 Å². The second kappa shape index (κ2) is 7.40. The fraction of sp³-hybridized carbons (Fsp3) is 0.235. The van der Waals surface area contributed by atoms with Crippen LogP contribution in [-0.4, -0.2) is 21.6 Å². The van der Waals surface area contributed by atoms with Crippen molar-refractivity contribution in [2.75, 3.05) is 0 Å². The Morgan fingerprint density at radius 1 is 1.17 bits per heavy atom. The number of carboxylic acids is 1. The number of hydrogen-bond acceptors (Lipinski definition) is 3. The van der Waals surface area contributed by atoms with Gasteiger partial charge in [0.15, 0.2) is 0 Å². The lowest BCUT2D eigenvalue weighted by Gasteiger charge is -2.17. The van der Waals surface area contributed by atoms with Crippen LogP contribution < -0.4 is 10.9 Å². The van der Waals surface area contributed by atoms with Crippen molar-refractivity contribution in [1.82, 2.24) is 9.88 Å². The number of aromatic nitrogens is 1. The molecular weight excluding hydrogens is 296 g/mol. The molecule has 1 heterocycles. The Morgan fingerprint density at radius 2 is 1.87 bits per heavy atom. The summed E-state index contributed by atoms with van der Waals surface area (Å²) in [7, 11) is 0. The summed E-state index contributed by atoms with van der Waals surface area (Å²) in [5.74, 6) is -1.24. The molecule has 0 fully saturated rings. The number of hydrogen-bond donors (Lipinski definition) is 2. The van der Waals surface area contributed by atoms with Crippen molar-refractivity contribution in [1.29, 1.82) is 0 Å². The molecule has 0 spiro atoms. The molecule has 1 aromatic heterocycles. The Labute approximate surface area is 133 Å². The standard InChI is InChI=1S/C17H18N2O4/c1-2-14(19-10-4-3-5-15(19)20)16(21)18-11-12-6-8-13(9-7-12)17(22)23/h3-10,14H,2,11H2,1H3,(H,18,21)(H,22,23). The predicted molar refractivity (Wildman–Crippen MR) is 85.3 cm³/mol. The number of carbonyl (C=O) groups is 2. The lowest BCUT2D eigenvalue weighted by Crippen LogP contribution is -2.36. The third-order valence-corrected chi connectivity index (χ3v) is 3.54. The summed E-state index contributed by atoms with van der Waals surface area (Å²) in [5.41, 5.74) is 0.765. The maximum Gasteiger partial charge on any atom is 0.335 e. The molecule has 1 atom stereocenters. The normalized spacial score (nSPS) is 11.7. The monoisotopic (exact) mass is 314 g/mol. The third kappa shape index (κ3) is 4.06. The van der Waals surface area contributed by atoms with Crippen LogP contribution >= 0.6 is 0 Å². The van der Waals surface area contributed by atoms with E-state index in [0.29, 0.717) is 6.42 Å². The number of benzene rings is 1. The molecule has 0 aliphatic heterocycles. The van der Waals surface area contributed by atoms with Gasteiger partial charge < -0.3 is 15.0 Å². The highest BCUT2D eigenvalue weighted by Gasteiger charge is 2.18. The van der Waals surface area contributed by atoms with Gasteiger partial charge in [0.1, 0.15) is 6.04 Å². The molecule has 0 radical (unpaired) electrons. The highest BCUT2D eigenvalue weighted by Crippen LogP contribution is 2.10. The quantitative estimate of drug-likeness (QED) is 0.851. The van der Waals surface area contributed by atoms with E-state index in [1.165, 1.54) is 22.8 Å². The minimum absolute atomic E-state index is 0.197. The van der Waals surface area contributed by atoms with E-state index in [2.05, 4.69) is 5.32 Å². The molecule has 0 saturated carbocycles. The largest absolute Gasteiger partial charge is 0.478 e. The first-order valence-corrected chi connectivity index (χ1v) is 7.30. The fourth-order valence-corrected chi connectivity index (χ4v) is 2.28. The molecule has 1 amide bonds. The van der Waals surface area contributed by atoms with E-state index in [0.717, 1.165) is 5.56 Å². The molecule has 0 saturated heterocycles. The molecule has 23 heavy (non-hydrogen) atoms. The summed E-state index contributed by atoms with van der Waals surface area (Å²) in [6, 6.07) is 10.5. The molecule has 6 nitrogen and oxygen atoms in total. The van der Waals surface area contributed by atoms with E-state index >= 15 is 0 Å². The van der Waals surface area contributed by atoms with Crippen LogP contribution in [0.15, 0.2) is 53.5 Å². The summed E-state index contributed by atoms with van der Waals surface area (Å²) >= 11 is 0. The predicted octanol–water partition coefficient (Wildman–Crippen LogP) is 1.81. The number of pyridine rings is 1. The van der Waals surface area contributed by atoms with E-state index in [-0.39, 0.29) is 23.6 Å². The zero-order valence-corrected chi connectivity index (χ0v) is 12.7. The smallest absolute Gasteiger partial charge is 0.335 e. The first kappa shape index (κ1) is 16.5. The van der Waals surface area contributed by atoms with Gasteiger partial charge in [-0.2, -0.15) is 0 Å². The van der Waals surface area contributed by atoms with Crippen molar-refractivity contribution >= 4 is 11.9 Å². The molecule has 6 heteroatoms. The maximum atomic E-state index is 12.3. The fourth-order valence-electron chi connectivity index (χ4n) is 2.28.